The molecule has 94 valence electrons. The lowest BCUT2D eigenvalue weighted by molar-refractivity contribution is 0.0378. The lowest BCUT2D eigenvalue weighted by Gasteiger charge is -2.22. The molecule has 0 radical (unpaired) electrons. The Bertz CT molecular complexity index is 440. The van der Waals surface area contributed by atoms with Crippen molar-refractivity contribution in [2.45, 2.75) is 32.9 Å². The van der Waals surface area contributed by atoms with Gasteiger partial charge < -0.3 is 15.4 Å². The van der Waals surface area contributed by atoms with Crippen LogP contribution in [0.4, 0.5) is 5.00 Å². The van der Waals surface area contributed by atoms with E-state index in [1.54, 1.807) is 0 Å². The summed E-state index contributed by atoms with van der Waals surface area (Å²) in [6.07, 6.45) is 0.769. The Balaban J connectivity index is 2.32. The number of nitrogens with zero attached hydrogens (tertiary/aromatic N) is 1. The van der Waals surface area contributed by atoms with E-state index in [9.17, 15) is 4.79 Å². The smallest absolute Gasteiger partial charge is 0.341 e. The quantitative estimate of drug-likeness (QED) is 0.819. The summed E-state index contributed by atoms with van der Waals surface area (Å²) in [4.78, 5) is 15.4. The van der Waals surface area contributed by atoms with Gasteiger partial charge >= 0.3 is 5.97 Å². The third kappa shape index (κ3) is 2.45. The summed E-state index contributed by atoms with van der Waals surface area (Å²) in [6.45, 7) is 5.53. The van der Waals surface area contributed by atoms with Crippen molar-refractivity contribution in [3.63, 3.8) is 0 Å². The van der Waals surface area contributed by atoms with Gasteiger partial charge in [0.1, 0.15) is 5.00 Å². The maximum atomic E-state index is 12.0. The first-order valence-corrected chi connectivity index (χ1v) is 6.60. The van der Waals surface area contributed by atoms with Crippen LogP contribution in [0.15, 0.2) is 0 Å². The molecule has 0 saturated heterocycles. The maximum absolute atomic E-state index is 12.0. The first-order valence-electron chi connectivity index (χ1n) is 5.78. The Morgan fingerprint density at radius 2 is 2.24 bits per heavy atom. The molecule has 2 heterocycles. The number of carbonyl (C=O) groups excluding carboxylic acids is 1. The van der Waals surface area contributed by atoms with Gasteiger partial charge in [-0.2, -0.15) is 0 Å². The lowest BCUT2D eigenvalue weighted by atomic mass is 10.0. The summed E-state index contributed by atoms with van der Waals surface area (Å²) in [5, 5.41) is 0.593. The van der Waals surface area contributed by atoms with Gasteiger partial charge in [-0.1, -0.05) is 0 Å². The fourth-order valence-electron chi connectivity index (χ4n) is 2.05. The summed E-state index contributed by atoms with van der Waals surface area (Å²) in [7, 11) is 2.07. The molecule has 17 heavy (non-hydrogen) atoms. The van der Waals surface area contributed by atoms with Crippen molar-refractivity contribution in [1.29, 1.82) is 0 Å². The highest BCUT2D eigenvalue weighted by Gasteiger charge is 2.26. The Morgan fingerprint density at radius 3 is 2.88 bits per heavy atom. The molecule has 2 rings (SSSR count). The highest BCUT2D eigenvalue weighted by Crippen LogP contribution is 2.35. The maximum Gasteiger partial charge on any atom is 0.341 e. The number of nitrogens with two attached hydrogens (primary N) is 1. The Kier molecular flexibility index (Phi) is 3.40. The summed E-state index contributed by atoms with van der Waals surface area (Å²) in [5.74, 6) is -0.278. The van der Waals surface area contributed by atoms with E-state index in [0.29, 0.717) is 10.6 Å². The van der Waals surface area contributed by atoms with Gasteiger partial charge in [0, 0.05) is 18.0 Å². The minimum Gasteiger partial charge on any atom is -0.459 e. The monoisotopic (exact) mass is 254 g/mol. The molecule has 1 aliphatic rings. The van der Waals surface area contributed by atoms with Crippen LogP contribution in [0, 0.1) is 0 Å². The molecular formula is C12H18N2O2S. The van der Waals surface area contributed by atoms with Gasteiger partial charge in [0.15, 0.2) is 0 Å². The van der Waals surface area contributed by atoms with Crippen molar-refractivity contribution >= 4 is 22.3 Å². The summed E-state index contributed by atoms with van der Waals surface area (Å²) in [5.41, 5.74) is 7.64. The molecule has 0 spiro atoms. The third-order valence-corrected chi connectivity index (χ3v) is 3.87. The molecule has 0 bridgehead atoms. The molecule has 0 amide bonds. The van der Waals surface area contributed by atoms with Gasteiger partial charge in [0.05, 0.1) is 11.7 Å². The fourth-order valence-corrected chi connectivity index (χ4v) is 3.24. The number of hydrogen-bond donors (Lipinski definition) is 1. The summed E-state index contributed by atoms with van der Waals surface area (Å²) >= 11 is 1.51. The minimum absolute atomic E-state index is 0.108. The number of ether oxygens (including phenoxy) is 1. The Morgan fingerprint density at radius 1 is 1.53 bits per heavy atom. The van der Waals surface area contributed by atoms with Crippen LogP contribution in [0.3, 0.4) is 0 Å². The summed E-state index contributed by atoms with van der Waals surface area (Å²) < 4.78 is 5.24. The van der Waals surface area contributed by atoms with Gasteiger partial charge in [0.2, 0.25) is 0 Å². The van der Waals surface area contributed by atoms with E-state index >= 15 is 0 Å². The second-order valence-corrected chi connectivity index (χ2v) is 5.82. The number of nitrogen functional groups attached to an aromatic ring is 1. The zero-order valence-electron chi connectivity index (χ0n) is 10.4. The van der Waals surface area contributed by atoms with E-state index in [0.717, 1.165) is 25.1 Å². The van der Waals surface area contributed by atoms with Crippen LogP contribution >= 0.6 is 11.3 Å². The first kappa shape index (κ1) is 12.4. The van der Waals surface area contributed by atoms with Crippen LogP contribution in [0.25, 0.3) is 0 Å². The molecule has 0 fully saturated rings. The second-order valence-electron chi connectivity index (χ2n) is 4.68. The second kappa shape index (κ2) is 4.66. The predicted molar refractivity (Wildman–Crippen MR) is 69.3 cm³/mol. The zero-order chi connectivity index (χ0) is 12.6. The molecule has 1 aromatic heterocycles. The number of fused-ring (bicyclic) bond motifs is 1. The highest BCUT2D eigenvalue weighted by molar-refractivity contribution is 7.16. The Labute approximate surface area is 105 Å². The van der Waals surface area contributed by atoms with Crippen LogP contribution < -0.4 is 5.73 Å². The van der Waals surface area contributed by atoms with Crippen molar-refractivity contribution in [2.24, 2.45) is 0 Å². The van der Waals surface area contributed by atoms with Crippen molar-refractivity contribution in [3.8, 4) is 0 Å². The highest BCUT2D eigenvalue weighted by atomic mass is 32.1. The van der Waals surface area contributed by atoms with Crippen molar-refractivity contribution in [1.82, 2.24) is 4.90 Å². The zero-order valence-corrected chi connectivity index (χ0v) is 11.3. The van der Waals surface area contributed by atoms with E-state index in [-0.39, 0.29) is 12.1 Å². The molecule has 1 aromatic rings. The topological polar surface area (TPSA) is 55.6 Å². The first-order chi connectivity index (χ1) is 7.99. The van der Waals surface area contributed by atoms with Gasteiger partial charge in [-0.05, 0) is 32.9 Å². The average Bonchev–Trinajstić information content (AvgIpc) is 2.51. The number of rotatable bonds is 2. The Hall–Kier alpha value is -1.07. The van der Waals surface area contributed by atoms with Crippen molar-refractivity contribution in [2.75, 3.05) is 19.3 Å². The van der Waals surface area contributed by atoms with Crippen LogP contribution in [-0.2, 0) is 17.7 Å². The number of esters is 1. The largest absolute Gasteiger partial charge is 0.459 e. The van der Waals surface area contributed by atoms with Crippen molar-refractivity contribution < 1.29 is 9.53 Å². The number of likely N-dealkylation sites (N-methyl/N-ethyl adjacent to an activating group) is 1. The molecular weight excluding hydrogens is 236 g/mol. The van der Waals surface area contributed by atoms with Crippen LogP contribution in [0.2, 0.25) is 0 Å². The molecule has 0 atom stereocenters. The van der Waals surface area contributed by atoms with Gasteiger partial charge in [0.25, 0.3) is 0 Å². The SMILES string of the molecule is CC(C)OC(=O)c1c(N)sc2c1CCN(C)C2. The number of carbonyl (C=O) groups is 1. The molecule has 5 heteroatoms. The lowest BCUT2D eigenvalue weighted by Crippen LogP contribution is -2.26. The van der Waals surface area contributed by atoms with Crippen LogP contribution in [0.1, 0.15) is 34.6 Å². The van der Waals surface area contributed by atoms with E-state index in [2.05, 4.69) is 11.9 Å². The third-order valence-electron chi connectivity index (χ3n) is 2.82. The standard InChI is InChI=1S/C12H18N2O2S/c1-7(2)16-12(15)10-8-4-5-14(3)6-9(8)17-11(10)13/h7H,4-6,13H2,1-3H3. The number of hydrogen-bond acceptors (Lipinski definition) is 5. The molecule has 0 aliphatic carbocycles. The fraction of sp³-hybridized carbons (Fsp3) is 0.583. The minimum atomic E-state index is -0.278. The molecule has 0 unspecified atom stereocenters. The van der Waals surface area contributed by atoms with E-state index in [1.807, 2.05) is 13.8 Å². The van der Waals surface area contributed by atoms with E-state index < -0.39 is 0 Å². The van der Waals surface area contributed by atoms with E-state index in [4.69, 9.17) is 10.5 Å². The van der Waals surface area contributed by atoms with Gasteiger partial charge in [-0.25, -0.2) is 4.79 Å². The number of anilines is 1. The van der Waals surface area contributed by atoms with Gasteiger partial charge in [-0.3, -0.25) is 0 Å². The average molecular weight is 254 g/mol. The van der Waals surface area contributed by atoms with Crippen LogP contribution in [0.5, 0.6) is 0 Å². The summed E-state index contributed by atoms with van der Waals surface area (Å²) in [6, 6.07) is 0. The molecule has 4 nitrogen and oxygen atoms in total. The van der Waals surface area contributed by atoms with Crippen LogP contribution in [-0.4, -0.2) is 30.6 Å². The normalized spacial score (nSPS) is 16.0. The molecule has 0 aromatic carbocycles. The number of thiophene rings is 1. The molecule has 1 aliphatic heterocycles. The molecule has 0 saturated carbocycles. The van der Waals surface area contributed by atoms with Gasteiger partial charge in [-0.15, -0.1) is 11.3 Å². The van der Waals surface area contributed by atoms with E-state index in [1.165, 1.54) is 16.2 Å². The van der Waals surface area contributed by atoms with Crippen molar-refractivity contribution in [3.05, 3.63) is 16.0 Å². The molecule has 2 N–H and O–H groups in total. The predicted octanol–water partition coefficient (Wildman–Crippen LogP) is 1.88.